The molecule has 0 unspecified atom stereocenters. The van der Waals surface area contributed by atoms with Crippen molar-refractivity contribution in [2.45, 2.75) is 6.54 Å². The van der Waals surface area contributed by atoms with Crippen molar-refractivity contribution < 1.29 is 4.79 Å². The Labute approximate surface area is 151 Å². The van der Waals surface area contributed by atoms with Gasteiger partial charge in [0.25, 0.3) is 0 Å². The number of hydrogen-bond acceptors (Lipinski definition) is 5. The monoisotopic (exact) mass is 400 g/mol. The van der Waals surface area contributed by atoms with E-state index in [1.165, 1.54) is 8.66 Å². The molecule has 7 heteroatoms. The second-order valence-corrected chi connectivity index (χ2v) is 8.99. The molecule has 0 saturated carbocycles. The van der Waals surface area contributed by atoms with Crippen LogP contribution in [0, 0.1) is 0 Å². The highest BCUT2D eigenvalue weighted by molar-refractivity contribution is 9.11. The second kappa shape index (κ2) is 8.07. The highest BCUT2D eigenvalue weighted by Gasteiger charge is 2.23. The maximum atomic E-state index is 12.4. The Hall–Kier alpha value is -0.470. The number of carbonyl (C=O) groups is 1. The van der Waals surface area contributed by atoms with Gasteiger partial charge in [0.2, 0.25) is 5.91 Å². The van der Waals surface area contributed by atoms with Gasteiger partial charge < -0.3 is 9.80 Å². The van der Waals surface area contributed by atoms with E-state index in [9.17, 15) is 4.79 Å². The molecule has 1 aromatic heterocycles. The molecule has 0 radical (unpaired) electrons. The van der Waals surface area contributed by atoms with Crippen molar-refractivity contribution in [2.24, 2.45) is 0 Å². The number of carbonyl (C=O) groups excluding carboxylic acids is 1. The van der Waals surface area contributed by atoms with Gasteiger partial charge in [-0.25, -0.2) is 0 Å². The van der Waals surface area contributed by atoms with Crippen molar-refractivity contribution in [1.82, 2.24) is 19.6 Å². The van der Waals surface area contributed by atoms with E-state index in [0.29, 0.717) is 12.5 Å². The summed E-state index contributed by atoms with van der Waals surface area (Å²) in [6.45, 7) is 9.44. The fourth-order valence-corrected chi connectivity index (χ4v) is 4.64. The minimum absolute atomic E-state index is 0.300. The first-order valence-electron chi connectivity index (χ1n) is 8.25. The highest BCUT2D eigenvalue weighted by atomic mass is 79.9. The highest BCUT2D eigenvalue weighted by Crippen LogP contribution is 2.23. The zero-order valence-corrected chi connectivity index (χ0v) is 16.1. The Morgan fingerprint density at radius 2 is 1.70 bits per heavy atom. The van der Waals surface area contributed by atoms with E-state index in [1.807, 2.05) is 16.2 Å². The van der Waals surface area contributed by atoms with E-state index in [1.54, 1.807) is 0 Å². The molecule has 1 aromatic rings. The van der Waals surface area contributed by atoms with Gasteiger partial charge in [-0.1, -0.05) is 0 Å². The van der Waals surface area contributed by atoms with Crippen LogP contribution in [0.15, 0.2) is 15.9 Å². The zero-order chi connectivity index (χ0) is 16.2. The van der Waals surface area contributed by atoms with Crippen molar-refractivity contribution in [1.29, 1.82) is 0 Å². The lowest BCUT2D eigenvalue weighted by molar-refractivity contribution is -0.134. The lowest BCUT2D eigenvalue weighted by atomic mass is 10.2. The summed E-state index contributed by atoms with van der Waals surface area (Å²) in [4.78, 5) is 22.9. The first-order chi connectivity index (χ1) is 11.1. The molecule has 2 aliphatic rings. The Morgan fingerprint density at radius 1 is 1.04 bits per heavy atom. The Morgan fingerprint density at radius 3 is 2.30 bits per heavy atom. The third-order valence-electron chi connectivity index (χ3n) is 4.69. The quantitative estimate of drug-likeness (QED) is 0.763. The number of halogens is 1. The molecule has 3 heterocycles. The first kappa shape index (κ1) is 17.4. The lowest BCUT2D eigenvalue weighted by Crippen LogP contribution is -2.53. The zero-order valence-electron chi connectivity index (χ0n) is 13.7. The average Bonchev–Trinajstić information content (AvgIpc) is 2.95. The molecule has 2 fully saturated rings. The number of rotatable bonds is 4. The average molecular weight is 401 g/mol. The van der Waals surface area contributed by atoms with E-state index in [0.717, 1.165) is 58.9 Å². The van der Waals surface area contributed by atoms with Gasteiger partial charge in [-0.15, -0.1) is 11.3 Å². The van der Waals surface area contributed by atoms with E-state index in [-0.39, 0.29) is 0 Å². The molecule has 1 amide bonds. The molecular weight excluding hydrogens is 376 g/mol. The van der Waals surface area contributed by atoms with Crippen LogP contribution in [0.4, 0.5) is 0 Å². The van der Waals surface area contributed by atoms with Crippen molar-refractivity contribution in [3.05, 3.63) is 20.8 Å². The number of likely N-dealkylation sites (N-methyl/N-ethyl adjacent to an activating group) is 1. The van der Waals surface area contributed by atoms with Crippen LogP contribution in [0.5, 0.6) is 0 Å². The maximum absolute atomic E-state index is 12.4. The summed E-state index contributed by atoms with van der Waals surface area (Å²) in [6, 6.07) is 4.31. The van der Waals surface area contributed by atoms with Crippen LogP contribution in [-0.2, 0) is 11.3 Å². The van der Waals surface area contributed by atoms with Gasteiger partial charge in [0.1, 0.15) is 0 Å². The molecule has 0 spiro atoms. The summed E-state index contributed by atoms with van der Waals surface area (Å²) in [5, 5.41) is 0. The van der Waals surface area contributed by atoms with Crippen LogP contribution in [0.25, 0.3) is 0 Å². The Kier molecular flexibility index (Phi) is 6.09. The molecule has 0 aromatic carbocycles. The van der Waals surface area contributed by atoms with Crippen molar-refractivity contribution in [3.63, 3.8) is 0 Å². The summed E-state index contributed by atoms with van der Waals surface area (Å²) in [7, 11) is 2.12. The van der Waals surface area contributed by atoms with Crippen molar-refractivity contribution in [2.75, 3.05) is 66.0 Å². The normalized spacial score (nSPS) is 21.7. The molecule has 2 saturated heterocycles. The predicted octanol–water partition coefficient (Wildman–Crippen LogP) is 1.40. The van der Waals surface area contributed by atoms with E-state index >= 15 is 0 Å². The summed E-state index contributed by atoms with van der Waals surface area (Å²) in [5.74, 6) is 0.300. The third kappa shape index (κ3) is 5.00. The second-order valence-electron chi connectivity index (χ2n) is 6.44. The molecule has 23 heavy (non-hydrogen) atoms. The van der Waals surface area contributed by atoms with Crippen LogP contribution in [0.1, 0.15) is 4.88 Å². The minimum Gasteiger partial charge on any atom is -0.339 e. The van der Waals surface area contributed by atoms with Crippen LogP contribution < -0.4 is 0 Å². The summed E-state index contributed by atoms with van der Waals surface area (Å²) in [5.41, 5.74) is 0. The van der Waals surface area contributed by atoms with Crippen LogP contribution in [0.3, 0.4) is 0 Å². The third-order valence-corrected chi connectivity index (χ3v) is 6.30. The molecule has 2 aliphatic heterocycles. The van der Waals surface area contributed by atoms with Gasteiger partial charge in [0, 0.05) is 63.8 Å². The fraction of sp³-hybridized carbons (Fsp3) is 0.688. The van der Waals surface area contributed by atoms with Gasteiger partial charge in [-0.2, -0.15) is 0 Å². The summed E-state index contributed by atoms with van der Waals surface area (Å²) in [6.07, 6.45) is 0. The molecule has 5 nitrogen and oxygen atoms in total. The van der Waals surface area contributed by atoms with Crippen LogP contribution >= 0.6 is 27.3 Å². The molecule has 3 rings (SSSR count). The molecule has 0 bridgehead atoms. The molecular formula is C16H25BrN4OS. The van der Waals surface area contributed by atoms with Gasteiger partial charge in [-0.05, 0) is 35.1 Å². The van der Waals surface area contributed by atoms with E-state index in [2.05, 4.69) is 49.8 Å². The lowest BCUT2D eigenvalue weighted by Gasteiger charge is -2.37. The Balaban J connectivity index is 1.39. The standard InChI is InChI=1S/C16H25BrN4OS/c1-18-4-10-21(11-5-18)16(22)13-20-8-6-19(7-9-20)12-14-2-3-15(17)23-14/h2-3H,4-13H2,1H3. The number of nitrogens with zero attached hydrogens (tertiary/aromatic N) is 4. The predicted molar refractivity (Wildman–Crippen MR) is 97.8 cm³/mol. The topological polar surface area (TPSA) is 30.0 Å². The van der Waals surface area contributed by atoms with Gasteiger partial charge in [0.05, 0.1) is 10.3 Å². The molecule has 128 valence electrons. The van der Waals surface area contributed by atoms with Crippen molar-refractivity contribution >= 4 is 33.2 Å². The summed E-state index contributed by atoms with van der Waals surface area (Å²) >= 11 is 5.33. The number of hydrogen-bond donors (Lipinski definition) is 0. The van der Waals surface area contributed by atoms with Gasteiger partial charge in [0.15, 0.2) is 0 Å². The Bertz CT molecular complexity index is 522. The van der Waals surface area contributed by atoms with E-state index < -0.39 is 0 Å². The first-order valence-corrected chi connectivity index (χ1v) is 9.86. The van der Waals surface area contributed by atoms with Crippen molar-refractivity contribution in [3.8, 4) is 0 Å². The molecule has 0 N–H and O–H groups in total. The maximum Gasteiger partial charge on any atom is 0.236 e. The fourth-order valence-electron chi connectivity index (χ4n) is 3.11. The minimum atomic E-state index is 0.300. The SMILES string of the molecule is CN1CCN(C(=O)CN2CCN(Cc3ccc(Br)s3)CC2)CC1. The van der Waals surface area contributed by atoms with Gasteiger partial charge >= 0.3 is 0 Å². The molecule has 0 aliphatic carbocycles. The number of thiophene rings is 1. The van der Waals surface area contributed by atoms with Crippen LogP contribution in [0.2, 0.25) is 0 Å². The van der Waals surface area contributed by atoms with E-state index in [4.69, 9.17) is 0 Å². The summed E-state index contributed by atoms with van der Waals surface area (Å²) < 4.78 is 1.20. The number of piperazine rings is 2. The van der Waals surface area contributed by atoms with Gasteiger partial charge in [-0.3, -0.25) is 14.6 Å². The molecule has 0 atom stereocenters. The number of amides is 1. The smallest absolute Gasteiger partial charge is 0.236 e. The largest absolute Gasteiger partial charge is 0.339 e. The van der Waals surface area contributed by atoms with Crippen LogP contribution in [-0.4, -0.2) is 91.5 Å².